The Kier molecular flexibility index (Phi) is 9.56. The number of rotatable bonds is 9. The van der Waals surface area contributed by atoms with Gasteiger partial charge in [-0.3, -0.25) is 4.99 Å². The molecule has 0 radical (unpaired) electrons. The number of allylic oxidation sites excluding steroid dienone is 7. The highest BCUT2D eigenvalue weighted by atomic mass is 14.8. The van der Waals surface area contributed by atoms with Gasteiger partial charge in [-0.15, -0.1) is 0 Å². The van der Waals surface area contributed by atoms with Crippen LogP contribution >= 0.6 is 0 Å². The maximum Gasteiger partial charge on any atom is 0.131 e. The predicted octanol–water partition coefficient (Wildman–Crippen LogP) is 3.63. The summed E-state index contributed by atoms with van der Waals surface area (Å²) in [6.45, 7) is 19.4. The summed E-state index contributed by atoms with van der Waals surface area (Å²) in [4.78, 5) is 4.71. The van der Waals surface area contributed by atoms with Gasteiger partial charge in [-0.2, -0.15) is 0 Å². The molecule has 0 fully saturated rings. The van der Waals surface area contributed by atoms with E-state index in [4.69, 9.17) is 10.7 Å². The van der Waals surface area contributed by atoms with Crippen LogP contribution in [0.1, 0.15) is 20.3 Å². The monoisotopic (exact) mass is 294 g/mol. The zero-order chi connectivity index (χ0) is 17.1. The Morgan fingerprint density at radius 1 is 1.14 bits per heavy atom. The van der Waals surface area contributed by atoms with Crippen LogP contribution in [0, 0.1) is 0 Å². The van der Waals surface area contributed by atoms with Gasteiger partial charge in [0.25, 0.3) is 0 Å². The first-order chi connectivity index (χ1) is 10.5. The molecule has 1 atom stereocenters. The molecule has 22 heavy (non-hydrogen) atoms. The molecular weight excluding hydrogens is 267 g/mol. The fraction of sp³-hybridized carbons (Fsp3) is 0.211. The van der Waals surface area contributed by atoms with E-state index in [1.165, 1.54) is 0 Å². The molecule has 1 unspecified atom stereocenters. The van der Waals surface area contributed by atoms with Crippen LogP contribution in [0.15, 0.2) is 90.2 Å². The Morgan fingerprint density at radius 3 is 2.09 bits per heavy atom. The van der Waals surface area contributed by atoms with E-state index in [2.05, 4.69) is 39.3 Å². The minimum absolute atomic E-state index is 0.205. The molecule has 3 heteroatoms. The fourth-order valence-electron chi connectivity index (χ4n) is 1.76. The van der Waals surface area contributed by atoms with Gasteiger partial charge in [0.2, 0.25) is 0 Å². The van der Waals surface area contributed by atoms with Gasteiger partial charge in [0, 0.05) is 17.2 Å². The van der Waals surface area contributed by atoms with Gasteiger partial charge in [0.15, 0.2) is 0 Å². The lowest BCUT2D eigenvalue weighted by Crippen LogP contribution is -2.29. The second-order valence-electron chi connectivity index (χ2n) is 4.85. The largest absolute Gasteiger partial charge is 0.330 e. The minimum Gasteiger partial charge on any atom is -0.330 e. The number of nitrogens with zero attached hydrogens (tertiary/aromatic N) is 1. The van der Waals surface area contributed by atoms with Crippen LogP contribution in [0.2, 0.25) is 0 Å². The van der Waals surface area contributed by atoms with Gasteiger partial charge in [-0.25, -0.2) is 0 Å². The van der Waals surface area contributed by atoms with Gasteiger partial charge >= 0.3 is 0 Å². The fourth-order valence-corrected chi connectivity index (χ4v) is 1.76. The molecule has 0 aromatic heterocycles. The second kappa shape index (κ2) is 10.6. The summed E-state index contributed by atoms with van der Waals surface area (Å²) in [6, 6.07) is 0. The second-order valence-corrected chi connectivity index (χ2v) is 4.85. The van der Waals surface area contributed by atoms with E-state index in [0.717, 1.165) is 34.5 Å². The maximum absolute atomic E-state index is 5.96. The third kappa shape index (κ3) is 5.70. The van der Waals surface area contributed by atoms with Crippen LogP contribution in [0.4, 0.5) is 0 Å². The molecule has 0 saturated carbocycles. The third-order valence-corrected chi connectivity index (χ3v) is 3.14. The smallest absolute Gasteiger partial charge is 0.131 e. The van der Waals surface area contributed by atoms with Crippen molar-refractivity contribution in [1.82, 2.24) is 0 Å². The summed E-state index contributed by atoms with van der Waals surface area (Å²) in [5.74, 6) is -0.205. The lowest BCUT2D eigenvalue weighted by molar-refractivity contribution is 1.16. The van der Waals surface area contributed by atoms with E-state index in [1.807, 2.05) is 26.9 Å². The molecule has 0 rings (SSSR count). The quantitative estimate of drug-likeness (QED) is 0.393. The number of hydrogen-bond acceptors (Lipinski definition) is 2. The van der Waals surface area contributed by atoms with E-state index in [-0.39, 0.29) is 5.94 Å². The lowest BCUT2D eigenvalue weighted by Gasteiger charge is -2.13. The van der Waals surface area contributed by atoms with Crippen molar-refractivity contribution in [2.75, 3.05) is 0 Å². The summed E-state index contributed by atoms with van der Waals surface area (Å²) >= 11 is 0. The standard InChI is InChI=1S/C19H27BN2/c1-7-12-13-16(14(6)8-2)18(15(9-3)10-4)22-17(11-5)19(20)21/h8-13,19H,2-5,7,20-21H2,1,6H3/b13-12-,16-14+,22-17+. The highest BCUT2D eigenvalue weighted by Crippen LogP contribution is 2.24. The Bertz CT molecular complexity index is 548. The van der Waals surface area contributed by atoms with Crippen molar-refractivity contribution in [3.63, 3.8) is 0 Å². The van der Waals surface area contributed by atoms with E-state index in [1.54, 1.807) is 18.2 Å². The van der Waals surface area contributed by atoms with Gasteiger partial charge < -0.3 is 5.73 Å². The molecule has 0 aliphatic carbocycles. The zero-order valence-corrected chi connectivity index (χ0v) is 14.1. The summed E-state index contributed by atoms with van der Waals surface area (Å²) in [5.41, 5.74) is 10.3. The first-order valence-corrected chi connectivity index (χ1v) is 7.42. The summed E-state index contributed by atoms with van der Waals surface area (Å²) < 4.78 is 0. The molecular formula is C19H27BN2. The predicted molar refractivity (Wildman–Crippen MR) is 104 cm³/mol. The van der Waals surface area contributed by atoms with Crippen LogP contribution in [0.5, 0.6) is 0 Å². The third-order valence-electron chi connectivity index (χ3n) is 3.14. The van der Waals surface area contributed by atoms with Gasteiger partial charge in [-0.05, 0) is 30.6 Å². The molecule has 116 valence electrons. The van der Waals surface area contributed by atoms with Gasteiger partial charge in [-0.1, -0.05) is 63.6 Å². The highest BCUT2D eigenvalue weighted by Gasteiger charge is 2.10. The average molecular weight is 294 g/mol. The van der Waals surface area contributed by atoms with Crippen molar-refractivity contribution in [2.24, 2.45) is 10.7 Å². The zero-order valence-electron chi connectivity index (χ0n) is 14.1. The molecule has 0 heterocycles. The normalized spacial score (nSPS) is 14.0. The molecule has 0 aliphatic rings. The molecule has 2 N–H and O–H groups in total. The Balaban J connectivity index is 6.54. The Morgan fingerprint density at radius 2 is 1.73 bits per heavy atom. The summed E-state index contributed by atoms with van der Waals surface area (Å²) in [5, 5.41) is 0. The first kappa shape index (κ1) is 19.9. The van der Waals surface area contributed by atoms with Gasteiger partial charge in [0.05, 0.1) is 5.70 Å². The Hall–Kier alpha value is -2.13. The SMILES string of the molecule is BC(N)/C(C=C)=N/C(=C(C=C)C=C)C(/C=C\CC)=C(\C)C=C. The van der Waals surface area contributed by atoms with Crippen molar-refractivity contribution in [3.05, 3.63) is 85.2 Å². The van der Waals surface area contributed by atoms with Crippen LogP contribution < -0.4 is 5.73 Å². The number of hydrogen-bond donors (Lipinski definition) is 1. The molecule has 0 saturated heterocycles. The summed E-state index contributed by atoms with van der Waals surface area (Å²) in [7, 11) is 1.88. The van der Waals surface area contributed by atoms with Gasteiger partial charge in [0.1, 0.15) is 7.85 Å². The molecule has 0 amide bonds. The highest BCUT2D eigenvalue weighted by molar-refractivity contribution is 6.28. The average Bonchev–Trinajstić information content (AvgIpc) is 2.52. The maximum atomic E-state index is 5.96. The minimum atomic E-state index is -0.205. The topological polar surface area (TPSA) is 38.4 Å². The number of aliphatic imine (C=N–C) groups is 1. The van der Waals surface area contributed by atoms with E-state index in [0.29, 0.717) is 0 Å². The molecule has 0 aliphatic heterocycles. The molecule has 0 aromatic rings. The van der Waals surface area contributed by atoms with E-state index < -0.39 is 0 Å². The Labute approximate surface area is 136 Å². The van der Waals surface area contributed by atoms with Crippen molar-refractivity contribution >= 4 is 13.6 Å². The van der Waals surface area contributed by atoms with Crippen LogP contribution in [0.3, 0.4) is 0 Å². The molecule has 0 bridgehead atoms. The summed E-state index contributed by atoms with van der Waals surface area (Å²) in [6.07, 6.45) is 12.0. The van der Waals surface area contributed by atoms with E-state index >= 15 is 0 Å². The first-order valence-electron chi connectivity index (χ1n) is 7.42. The van der Waals surface area contributed by atoms with Crippen LogP contribution in [0.25, 0.3) is 0 Å². The van der Waals surface area contributed by atoms with Crippen LogP contribution in [-0.2, 0) is 0 Å². The number of nitrogens with two attached hydrogens (primary N) is 1. The molecule has 0 spiro atoms. The lowest BCUT2D eigenvalue weighted by atomic mass is 9.92. The van der Waals surface area contributed by atoms with Crippen molar-refractivity contribution in [2.45, 2.75) is 26.2 Å². The van der Waals surface area contributed by atoms with Crippen molar-refractivity contribution in [3.8, 4) is 0 Å². The van der Waals surface area contributed by atoms with E-state index in [9.17, 15) is 0 Å². The molecule has 0 aromatic carbocycles. The van der Waals surface area contributed by atoms with Crippen molar-refractivity contribution in [1.29, 1.82) is 0 Å². The molecule has 2 nitrogen and oxygen atoms in total. The van der Waals surface area contributed by atoms with Crippen LogP contribution in [-0.4, -0.2) is 19.5 Å². The van der Waals surface area contributed by atoms with Crippen molar-refractivity contribution < 1.29 is 0 Å².